The molecule has 0 rings (SSSR count). The van der Waals surface area contributed by atoms with E-state index < -0.39 is 10.0 Å². The van der Waals surface area contributed by atoms with Crippen LogP contribution >= 0.6 is 11.6 Å². The van der Waals surface area contributed by atoms with E-state index in [0.29, 0.717) is 6.54 Å². The lowest BCUT2D eigenvalue weighted by atomic mass is 10.3. The van der Waals surface area contributed by atoms with Crippen LogP contribution in [0.2, 0.25) is 0 Å². The largest absolute Gasteiger partial charge is 0.215 e. The number of alkyl halides is 1. The molecule has 0 saturated heterocycles. The number of rotatable bonds is 6. The Morgan fingerprint density at radius 1 is 1.38 bits per heavy atom. The molecule has 0 radical (unpaired) electrons. The van der Waals surface area contributed by atoms with Gasteiger partial charge in [0.2, 0.25) is 10.0 Å². The zero-order valence-electron chi connectivity index (χ0n) is 8.46. The van der Waals surface area contributed by atoms with Crippen molar-refractivity contribution < 1.29 is 8.42 Å². The maximum atomic E-state index is 11.6. The van der Waals surface area contributed by atoms with Crippen LogP contribution in [-0.2, 0) is 10.0 Å². The van der Waals surface area contributed by atoms with Gasteiger partial charge in [0.15, 0.2) is 0 Å². The van der Waals surface area contributed by atoms with Gasteiger partial charge >= 0.3 is 0 Å². The highest BCUT2D eigenvalue weighted by atomic mass is 35.5. The van der Waals surface area contributed by atoms with Crippen LogP contribution in [0.5, 0.6) is 0 Å². The number of sulfonamides is 1. The summed E-state index contributed by atoms with van der Waals surface area (Å²) in [7, 11) is -3.13. The van der Waals surface area contributed by atoms with Crippen molar-refractivity contribution in [3.63, 3.8) is 0 Å². The molecule has 0 aromatic rings. The van der Waals surface area contributed by atoms with Crippen molar-refractivity contribution in [2.24, 2.45) is 0 Å². The Morgan fingerprint density at radius 3 is 2.23 bits per heavy atom. The Bertz CT molecular complexity index is 228. The first-order chi connectivity index (χ1) is 5.99. The predicted molar refractivity (Wildman–Crippen MR) is 56.6 cm³/mol. The average Bonchev–Trinajstić information content (AvgIpc) is 2.04. The van der Waals surface area contributed by atoms with Crippen LogP contribution in [0.3, 0.4) is 0 Å². The summed E-state index contributed by atoms with van der Waals surface area (Å²) in [6, 6.07) is 0.0678. The molecule has 0 heterocycles. The Morgan fingerprint density at radius 2 is 1.92 bits per heavy atom. The van der Waals surface area contributed by atoms with Gasteiger partial charge in [-0.05, 0) is 13.3 Å². The fourth-order valence-electron chi connectivity index (χ4n) is 1.20. The van der Waals surface area contributed by atoms with E-state index in [4.69, 9.17) is 11.6 Å². The normalized spacial score (nSPS) is 14.8. The first kappa shape index (κ1) is 13.2. The van der Waals surface area contributed by atoms with Gasteiger partial charge in [-0.15, -0.1) is 11.6 Å². The maximum absolute atomic E-state index is 11.6. The number of nitrogens with zero attached hydrogens (tertiary/aromatic N) is 1. The van der Waals surface area contributed by atoms with E-state index in [1.165, 1.54) is 4.31 Å². The molecular weight excluding hydrogens is 210 g/mol. The van der Waals surface area contributed by atoms with E-state index in [1.54, 1.807) is 0 Å². The van der Waals surface area contributed by atoms with Gasteiger partial charge in [0, 0.05) is 18.5 Å². The van der Waals surface area contributed by atoms with Crippen molar-refractivity contribution in [3.8, 4) is 0 Å². The highest BCUT2D eigenvalue weighted by molar-refractivity contribution is 7.89. The third-order valence-electron chi connectivity index (χ3n) is 2.09. The second-order valence-corrected chi connectivity index (χ2v) is 5.38. The average molecular weight is 228 g/mol. The minimum atomic E-state index is -3.13. The highest BCUT2D eigenvalue weighted by Crippen LogP contribution is 2.10. The predicted octanol–water partition coefficient (Wildman–Crippen LogP) is 1.68. The minimum absolute atomic E-state index is 0.0345. The molecule has 3 nitrogen and oxygen atoms in total. The van der Waals surface area contributed by atoms with Gasteiger partial charge in [0.05, 0.1) is 5.75 Å². The van der Waals surface area contributed by atoms with Crippen molar-refractivity contribution in [2.75, 3.05) is 18.2 Å². The van der Waals surface area contributed by atoms with Crippen LogP contribution in [0.4, 0.5) is 0 Å². The highest BCUT2D eigenvalue weighted by Gasteiger charge is 2.23. The summed E-state index contributed by atoms with van der Waals surface area (Å²) < 4.78 is 24.7. The van der Waals surface area contributed by atoms with Gasteiger partial charge in [0.25, 0.3) is 0 Å². The van der Waals surface area contributed by atoms with Crippen molar-refractivity contribution in [3.05, 3.63) is 0 Å². The molecule has 0 N–H and O–H groups in total. The van der Waals surface area contributed by atoms with E-state index >= 15 is 0 Å². The quantitative estimate of drug-likeness (QED) is 0.648. The zero-order chi connectivity index (χ0) is 10.5. The van der Waals surface area contributed by atoms with Gasteiger partial charge in [0.1, 0.15) is 0 Å². The Hall–Kier alpha value is 0.200. The molecule has 13 heavy (non-hydrogen) atoms. The number of halogens is 1. The zero-order valence-corrected chi connectivity index (χ0v) is 10.0. The summed E-state index contributed by atoms with van der Waals surface area (Å²) >= 11 is 5.43. The number of hydrogen-bond donors (Lipinski definition) is 0. The summed E-state index contributed by atoms with van der Waals surface area (Å²) in [6.07, 6.45) is 0.829. The topological polar surface area (TPSA) is 37.4 Å². The van der Waals surface area contributed by atoms with Crippen LogP contribution in [0.25, 0.3) is 0 Å². The molecule has 0 aliphatic rings. The molecule has 80 valence electrons. The lowest BCUT2D eigenvalue weighted by Gasteiger charge is -2.25. The molecule has 0 aromatic carbocycles. The molecule has 1 atom stereocenters. The van der Waals surface area contributed by atoms with Crippen LogP contribution < -0.4 is 0 Å². The van der Waals surface area contributed by atoms with Gasteiger partial charge in [-0.25, -0.2) is 8.42 Å². The van der Waals surface area contributed by atoms with Crippen molar-refractivity contribution in [1.82, 2.24) is 4.31 Å². The molecule has 0 aliphatic heterocycles. The van der Waals surface area contributed by atoms with Crippen LogP contribution in [0.15, 0.2) is 0 Å². The standard InChI is InChI=1S/C8H18ClNO2S/c1-4-8(3)10(5-2)13(11,12)7-6-9/h8H,4-7H2,1-3H3. The van der Waals surface area contributed by atoms with Gasteiger partial charge < -0.3 is 0 Å². The van der Waals surface area contributed by atoms with Gasteiger partial charge in [-0.1, -0.05) is 13.8 Å². The van der Waals surface area contributed by atoms with Gasteiger partial charge in [-0.2, -0.15) is 4.31 Å². The third-order valence-corrected chi connectivity index (χ3v) is 4.55. The molecule has 0 saturated carbocycles. The number of hydrogen-bond acceptors (Lipinski definition) is 2. The van der Waals surface area contributed by atoms with Crippen LogP contribution in [0, 0.1) is 0 Å². The monoisotopic (exact) mass is 227 g/mol. The summed E-state index contributed by atoms with van der Waals surface area (Å²) in [6.45, 7) is 6.25. The summed E-state index contributed by atoms with van der Waals surface area (Å²) in [4.78, 5) is 0. The fourth-order valence-corrected chi connectivity index (χ4v) is 3.31. The first-order valence-corrected chi connectivity index (χ1v) is 6.69. The SMILES string of the molecule is CCC(C)N(CC)S(=O)(=O)CCCl. The van der Waals surface area contributed by atoms with E-state index in [-0.39, 0.29) is 17.7 Å². The summed E-state index contributed by atoms with van der Waals surface area (Å²) in [5.74, 6) is 0.196. The van der Waals surface area contributed by atoms with Crippen LogP contribution in [-0.4, -0.2) is 36.9 Å². The Labute approximate surface area is 86.1 Å². The van der Waals surface area contributed by atoms with Crippen molar-refractivity contribution in [1.29, 1.82) is 0 Å². The Kier molecular flexibility index (Phi) is 5.92. The summed E-state index contributed by atoms with van der Waals surface area (Å²) in [5.41, 5.74) is 0. The molecule has 0 aliphatic carbocycles. The molecule has 5 heteroatoms. The maximum Gasteiger partial charge on any atom is 0.215 e. The summed E-state index contributed by atoms with van der Waals surface area (Å²) in [5, 5.41) is 0. The first-order valence-electron chi connectivity index (χ1n) is 4.55. The molecule has 0 spiro atoms. The lowest BCUT2D eigenvalue weighted by Crippen LogP contribution is -2.39. The molecule has 1 unspecified atom stereocenters. The second kappa shape index (κ2) is 5.83. The van der Waals surface area contributed by atoms with Crippen molar-refractivity contribution in [2.45, 2.75) is 33.2 Å². The van der Waals surface area contributed by atoms with E-state index in [2.05, 4.69) is 0 Å². The molecule has 0 aromatic heterocycles. The Balaban J connectivity index is 4.56. The van der Waals surface area contributed by atoms with E-state index in [9.17, 15) is 8.42 Å². The van der Waals surface area contributed by atoms with Crippen LogP contribution in [0.1, 0.15) is 27.2 Å². The smallest absolute Gasteiger partial charge is 0.212 e. The third kappa shape index (κ3) is 3.83. The lowest BCUT2D eigenvalue weighted by molar-refractivity contribution is 0.343. The van der Waals surface area contributed by atoms with Crippen molar-refractivity contribution >= 4 is 21.6 Å². The molecule has 0 bridgehead atoms. The molecule has 0 fully saturated rings. The van der Waals surface area contributed by atoms with E-state index in [0.717, 1.165) is 6.42 Å². The second-order valence-electron chi connectivity index (χ2n) is 2.97. The molecule has 0 amide bonds. The van der Waals surface area contributed by atoms with Gasteiger partial charge in [-0.3, -0.25) is 0 Å². The van der Waals surface area contributed by atoms with E-state index in [1.807, 2.05) is 20.8 Å². The minimum Gasteiger partial charge on any atom is -0.212 e. The fraction of sp³-hybridized carbons (Fsp3) is 1.00. The molecular formula is C8H18ClNO2S.